The molecule has 23 heavy (non-hydrogen) atoms. The predicted molar refractivity (Wildman–Crippen MR) is 94.4 cm³/mol. The monoisotopic (exact) mass is 302 g/mol. The molecule has 0 aliphatic rings. The maximum absolute atomic E-state index is 5.83. The molecule has 4 nitrogen and oxygen atoms in total. The van der Waals surface area contributed by atoms with E-state index in [1.165, 1.54) is 22.0 Å². The first-order chi connectivity index (χ1) is 11.3. The zero-order valence-corrected chi connectivity index (χ0v) is 13.0. The molecule has 2 aromatic carbocycles. The SMILES string of the molecule is CCc1ccc2c(c1)c1cnc(N)nc1n2Cc1ccccc1. The molecule has 2 aromatic heterocycles. The van der Waals surface area contributed by atoms with Gasteiger partial charge in [-0.2, -0.15) is 4.98 Å². The van der Waals surface area contributed by atoms with E-state index in [1.54, 1.807) is 0 Å². The Morgan fingerprint density at radius 1 is 1.00 bits per heavy atom. The predicted octanol–water partition coefficient (Wildman–Crippen LogP) is 3.78. The topological polar surface area (TPSA) is 56.7 Å². The first kappa shape index (κ1) is 13.8. The highest BCUT2D eigenvalue weighted by atomic mass is 15.1. The Kier molecular flexibility index (Phi) is 3.23. The van der Waals surface area contributed by atoms with Crippen LogP contribution in [0.3, 0.4) is 0 Å². The van der Waals surface area contributed by atoms with Gasteiger partial charge in [0.05, 0.1) is 5.52 Å². The summed E-state index contributed by atoms with van der Waals surface area (Å²) in [5.41, 5.74) is 10.4. The van der Waals surface area contributed by atoms with Gasteiger partial charge in [-0.1, -0.05) is 43.3 Å². The van der Waals surface area contributed by atoms with Gasteiger partial charge in [0.2, 0.25) is 5.95 Å². The fourth-order valence-electron chi connectivity index (χ4n) is 3.08. The first-order valence-corrected chi connectivity index (χ1v) is 7.83. The molecule has 0 aliphatic heterocycles. The van der Waals surface area contributed by atoms with Gasteiger partial charge in [-0.05, 0) is 29.7 Å². The number of aromatic nitrogens is 3. The van der Waals surface area contributed by atoms with Crippen molar-refractivity contribution in [1.29, 1.82) is 0 Å². The van der Waals surface area contributed by atoms with Gasteiger partial charge in [-0.25, -0.2) is 4.98 Å². The number of hydrogen-bond acceptors (Lipinski definition) is 3. The van der Waals surface area contributed by atoms with Crippen molar-refractivity contribution < 1.29 is 0 Å². The second-order valence-electron chi connectivity index (χ2n) is 5.74. The number of benzene rings is 2. The normalized spacial score (nSPS) is 11.3. The molecule has 2 heterocycles. The molecule has 0 spiro atoms. The van der Waals surface area contributed by atoms with Crippen molar-refractivity contribution in [2.75, 3.05) is 5.73 Å². The molecule has 0 radical (unpaired) electrons. The van der Waals surface area contributed by atoms with Crippen LogP contribution in [0.1, 0.15) is 18.1 Å². The van der Waals surface area contributed by atoms with E-state index in [0.29, 0.717) is 5.95 Å². The highest BCUT2D eigenvalue weighted by molar-refractivity contribution is 6.06. The maximum Gasteiger partial charge on any atom is 0.221 e. The second kappa shape index (κ2) is 5.39. The van der Waals surface area contributed by atoms with Gasteiger partial charge in [0.15, 0.2) is 0 Å². The average molecular weight is 302 g/mol. The Morgan fingerprint density at radius 2 is 1.83 bits per heavy atom. The molecule has 0 aliphatic carbocycles. The summed E-state index contributed by atoms with van der Waals surface area (Å²) in [6.45, 7) is 2.93. The van der Waals surface area contributed by atoms with Crippen LogP contribution in [0, 0.1) is 0 Å². The lowest BCUT2D eigenvalue weighted by Gasteiger charge is -2.07. The molecular weight excluding hydrogens is 284 g/mol. The van der Waals surface area contributed by atoms with Crippen LogP contribution in [0.4, 0.5) is 5.95 Å². The molecule has 0 saturated heterocycles. The van der Waals surface area contributed by atoms with E-state index in [9.17, 15) is 0 Å². The van der Waals surface area contributed by atoms with E-state index >= 15 is 0 Å². The summed E-state index contributed by atoms with van der Waals surface area (Å²) >= 11 is 0. The second-order valence-corrected chi connectivity index (χ2v) is 5.74. The van der Waals surface area contributed by atoms with Crippen LogP contribution in [0.25, 0.3) is 21.9 Å². The minimum Gasteiger partial charge on any atom is -0.368 e. The number of aryl methyl sites for hydroxylation is 1. The zero-order valence-electron chi connectivity index (χ0n) is 13.0. The highest BCUT2D eigenvalue weighted by Gasteiger charge is 2.13. The highest BCUT2D eigenvalue weighted by Crippen LogP contribution is 2.29. The molecule has 0 unspecified atom stereocenters. The smallest absolute Gasteiger partial charge is 0.221 e. The maximum atomic E-state index is 5.83. The van der Waals surface area contributed by atoms with Crippen LogP contribution >= 0.6 is 0 Å². The molecule has 0 saturated carbocycles. The molecule has 114 valence electrons. The summed E-state index contributed by atoms with van der Waals surface area (Å²) in [6, 6.07) is 17.0. The standard InChI is InChI=1S/C19H18N4/c1-2-13-8-9-17-15(10-13)16-11-21-19(20)22-18(16)23(17)12-14-6-4-3-5-7-14/h3-11H,2,12H2,1H3,(H2,20,21,22). The van der Waals surface area contributed by atoms with E-state index < -0.39 is 0 Å². The third kappa shape index (κ3) is 2.32. The lowest BCUT2D eigenvalue weighted by molar-refractivity contribution is 0.855. The van der Waals surface area contributed by atoms with Gasteiger partial charge < -0.3 is 10.3 Å². The van der Waals surface area contributed by atoms with E-state index in [0.717, 1.165) is 24.0 Å². The van der Waals surface area contributed by atoms with Crippen LogP contribution in [0.15, 0.2) is 54.7 Å². The van der Waals surface area contributed by atoms with Crippen LogP contribution in [0.2, 0.25) is 0 Å². The largest absolute Gasteiger partial charge is 0.368 e. The van der Waals surface area contributed by atoms with Crippen molar-refractivity contribution in [2.24, 2.45) is 0 Å². The van der Waals surface area contributed by atoms with E-state index in [4.69, 9.17) is 5.73 Å². The first-order valence-electron chi connectivity index (χ1n) is 7.83. The number of hydrogen-bond donors (Lipinski definition) is 1. The van der Waals surface area contributed by atoms with E-state index in [2.05, 4.69) is 63.9 Å². The molecule has 4 heteroatoms. The fraction of sp³-hybridized carbons (Fsp3) is 0.158. The lowest BCUT2D eigenvalue weighted by Crippen LogP contribution is -2.02. The van der Waals surface area contributed by atoms with Crippen molar-refractivity contribution in [2.45, 2.75) is 19.9 Å². The van der Waals surface area contributed by atoms with Crippen LogP contribution in [-0.2, 0) is 13.0 Å². The molecule has 4 aromatic rings. The van der Waals surface area contributed by atoms with Crippen LogP contribution < -0.4 is 5.73 Å². The van der Waals surface area contributed by atoms with Crippen molar-refractivity contribution in [3.8, 4) is 0 Å². The average Bonchev–Trinajstić information content (AvgIpc) is 2.88. The van der Waals surface area contributed by atoms with Crippen molar-refractivity contribution in [3.63, 3.8) is 0 Å². The lowest BCUT2D eigenvalue weighted by atomic mass is 10.1. The third-order valence-electron chi connectivity index (χ3n) is 4.28. The summed E-state index contributed by atoms with van der Waals surface area (Å²) in [5.74, 6) is 0.310. The van der Waals surface area contributed by atoms with E-state index in [-0.39, 0.29) is 0 Å². The number of anilines is 1. The van der Waals surface area contributed by atoms with Crippen molar-refractivity contribution in [3.05, 3.63) is 65.9 Å². The molecule has 0 atom stereocenters. The number of rotatable bonds is 3. The zero-order chi connectivity index (χ0) is 15.8. The minimum absolute atomic E-state index is 0.310. The molecular formula is C19H18N4. The molecule has 4 rings (SSSR count). The molecule has 0 amide bonds. The number of nitrogen functional groups attached to an aromatic ring is 1. The fourth-order valence-corrected chi connectivity index (χ4v) is 3.08. The van der Waals surface area contributed by atoms with Crippen LogP contribution in [0.5, 0.6) is 0 Å². The van der Waals surface area contributed by atoms with Gasteiger partial charge in [-0.15, -0.1) is 0 Å². The summed E-state index contributed by atoms with van der Waals surface area (Å²) in [7, 11) is 0. The molecule has 0 bridgehead atoms. The number of nitrogens with two attached hydrogens (primary N) is 1. The van der Waals surface area contributed by atoms with Gasteiger partial charge in [0.25, 0.3) is 0 Å². The Hall–Kier alpha value is -2.88. The summed E-state index contributed by atoms with van der Waals surface area (Å²) in [5, 5.41) is 2.25. The Balaban J connectivity index is 2.01. The molecule has 2 N–H and O–H groups in total. The van der Waals surface area contributed by atoms with Gasteiger partial charge in [0.1, 0.15) is 5.65 Å². The number of nitrogens with zero attached hydrogens (tertiary/aromatic N) is 3. The number of fused-ring (bicyclic) bond motifs is 3. The molecule has 0 fully saturated rings. The summed E-state index contributed by atoms with van der Waals surface area (Å²) in [4.78, 5) is 8.68. The van der Waals surface area contributed by atoms with Crippen molar-refractivity contribution in [1.82, 2.24) is 14.5 Å². The summed E-state index contributed by atoms with van der Waals surface area (Å²) in [6.07, 6.45) is 2.85. The Bertz CT molecular complexity index is 987. The Morgan fingerprint density at radius 3 is 2.61 bits per heavy atom. The third-order valence-corrected chi connectivity index (χ3v) is 4.28. The summed E-state index contributed by atoms with van der Waals surface area (Å²) < 4.78 is 2.22. The van der Waals surface area contributed by atoms with E-state index in [1.807, 2.05) is 12.3 Å². The minimum atomic E-state index is 0.310. The van der Waals surface area contributed by atoms with Crippen molar-refractivity contribution >= 4 is 27.9 Å². The Labute approximate surface area is 134 Å². The van der Waals surface area contributed by atoms with Gasteiger partial charge in [0, 0.05) is 23.5 Å². The van der Waals surface area contributed by atoms with Crippen LogP contribution in [-0.4, -0.2) is 14.5 Å². The quantitative estimate of drug-likeness (QED) is 0.626. The van der Waals surface area contributed by atoms with Gasteiger partial charge >= 0.3 is 0 Å². The van der Waals surface area contributed by atoms with Gasteiger partial charge in [-0.3, -0.25) is 0 Å².